The lowest BCUT2D eigenvalue weighted by Crippen LogP contribution is -2.13. The number of carbonyl (C=O) groups is 1. The van der Waals surface area contributed by atoms with Gasteiger partial charge in [-0.2, -0.15) is 5.90 Å². The number of rotatable bonds is 5. The van der Waals surface area contributed by atoms with Gasteiger partial charge in [-0.05, 0) is 36.5 Å². The molecule has 0 spiro atoms. The highest BCUT2D eigenvalue weighted by Crippen LogP contribution is 2.31. The van der Waals surface area contributed by atoms with Crippen LogP contribution in [0.2, 0.25) is 0 Å². The van der Waals surface area contributed by atoms with Crippen LogP contribution in [0.4, 0.5) is 0 Å². The average Bonchev–Trinajstić information content (AvgIpc) is 2.35. The quantitative estimate of drug-likeness (QED) is 0.771. The third kappa shape index (κ3) is 2.42. The van der Waals surface area contributed by atoms with Crippen LogP contribution in [0.15, 0.2) is 6.07 Å². The SMILES string of the molecule is CCc1cc(C(=O)O)c(ON)c(CC)c1CC. The first-order valence-electron chi connectivity index (χ1n) is 5.88. The molecular formula is C13H19NO3. The first-order valence-corrected chi connectivity index (χ1v) is 5.88. The second-order valence-corrected chi connectivity index (χ2v) is 3.85. The lowest BCUT2D eigenvalue weighted by Gasteiger charge is -2.17. The number of benzene rings is 1. The number of aromatic carboxylic acids is 1. The molecule has 94 valence electrons. The normalized spacial score (nSPS) is 10.4. The third-order valence-electron chi connectivity index (χ3n) is 3.03. The van der Waals surface area contributed by atoms with E-state index < -0.39 is 5.97 Å². The number of hydrogen-bond donors (Lipinski definition) is 2. The van der Waals surface area contributed by atoms with Crippen molar-refractivity contribution in [1.29, 1.82) is 0 Å². The minimum Gasteiger partial charge on any atom is -0.478 e. The van der Waals surface area contributed by atoms with Gasteiger partial charge in [0.15, 0.2) is 5.75 Å². The maximum absolute atomic E-state index is 11.2. The molecule has 1 rings (SSSR count). The molecular weight excluding hydrogens is 218 g/mol. The van der Waals surface area contributed by atoms with E-state index in [1.807, 2.05) is 20.8 Å². The molecule has 0 saturated carbocycles. The summed E-state index contributed by atoms with van der Waals surface area (Å²) in [7, 11) is 0. The maximum Gasteiger partial charge on any atom is 0.339 e. The van der Waals surface area contributed by atoms with Crippen LogP contribution < -0.4 is 10.7 Å². The smallest absolute Gasteiger partial charge is 0.339 e. The molecule has 17 heavy (non-hydrogen) atoms. The van der Waals surface area contributed by atoms with Crippen LogP contribution in [0.3, 0.4) is 0 Å². The highest BCUT2D eigenvalue weighted by molar-refractivity contribution is 5.92. The number of carboxylic acids is 1. The Morgan fingerprint density at radius 1 is 1.24 bits per heavy atom. The minimum absolute atomic E-state index is 0.151. The number of aryl methyl sites for hydroxylation is 1. The first-order chi connectivity index (χ1) is 8.10. The van der Waals surface area contributed by atoms with Gasteiger partial charge in [-0.15, -0.1) is 0 Å². The van der Waals surface area contributed by atoms with E-state index in [1.165, 1.54) is 0 Å². The second-order valence-electron chi connectivity index (χ2n) is 3.85. The van der Waals surface area contributed by atoms with Gasteiger partial charge < -0.3 is 9.94 Å². The Balaban J connectivity index is 3.60. The van der Waals surface area contributed by atoms with Crippen LogP contribution in [0.1, 0.15) is 47.8 Å². The Hall–Kier alpha value is -1.55. The van der Waals surface area contributed by atoms with Gasteiger partial charge in [-0.25, -0.2) is 4.79 Å². The summed E-state index contributed by atoms with van der Waals surface area (Å²) in [6.45, 7) is 6.04. The van der Waals surface area contributed by atoms with Crippen LogP contribution in [0.25, 0.3) is 0 Å². The molecule has 0 amide bonds. The lowest BCUT2D eigenvalue weighted by atomic mass is 9.92. The Morgan fingerprint density at radius 2 is 1.82 bits per heavy atom. The molecule has 0 aliphatic carbocycles. The van der Waals surface area contributed by atoms with Crippen molar-refractivity contribution in [2.45, 2.75) is 40.0 Å². The number of carboxylic acid groups (broad SMARTS) is 1. The third-order valence-corrected chi connectivity index (χ3v) is 3.03. The summed E-state index contributed by atoms with van der Waals surface area (Å²) in [6, 6.07) is 1.67. The molecule has 1 aromatic carbocycles. The molecule has 0 unspecified atom stereocenters. The van der Waals surface area contributed by atoms with Crippen LogP contribution in [0.5, 0.6) is 5.75 Å². The largest absolute Gasteiger partial charge is 0.478 e. The molecule has 0 aromatic heterocycles. The fourth-order valence-corrected chi connectivity index (χ4v) is 2.24. The van der Waals surface area contributed by atoms with E-state index in [1.54, 1.807) is 6.07 Å². The summed E-state index contributed by atoms with van der Waals surface area (Å²) in [6.07, 6.45) is 2.37. The van der Waals surface area contributed by atoms with Gasteiger partial charge in [-0.3, -0.25) is 0 Å². The highest BCUT2D eigenvalue weighted by atomic mass is 16.6. The van der Waals surface area contributed by atoms with Crippen molar-refractivity contribution in [3.05, 3.63) is 28.3 Å². The summed E-state index contributed by atoms with van der Waals surface area (Å²) in [5.41, 5.74) is 3.27. The fraction of sp³-hybridized carbons (Fsp3) is 0.462. The van der Waals surface area contributed by atoms with Crippen molar-refractivity contribution < 1.29 is 14.7 Å². The topological polar surface area (TPSA) is 72.5 Å². The maximum atomic E-state index is 11.2. The molecule has 0 aliphatic heterocycles. The second kappa shape index (κ2) is 5.68. The van der Waals surface area contributed by atoms with E-state index in [2.05, 4.69) is 0 Å². The van der Waals surface area contributed by atoms with E-state index in [0.717, 1.165) is 29.5 Å². The van der Waals surface area contributed by atoms with Gasteiger partial charge >= 0.3 is 5.97 Å². The molecule has 0 heterocycles. The van der Waals surface area contributed by atoms with Crippen molar-refractivity contribution in [3.8, 4) is 5.75 Å². The Morgan fingerprint density at radius 3 is 2.18 bits per heavy atom. The van der Waals surface area contributed by atoms with E-state index in [9.17, 15) is 4.79 Å². The van der Waals surface area contributed by atoms with Crippen molar-refractivity contribution >= 4 is 5.97 Å². The predicted molar refractivity (Wildman–Crippen MR) is 66.4 cm³/mol. The molecule has 0 radical (unpaired) electrons. The molecule has 0 aliphatic rings. The van der Waals surface area contributed by atoms with Gasteiger partial charge in [0.1, 0.15) is 5.56 Å². The molecule has 0 atom stereocenters. The fourth-order valence-electron chi connectivity index (χ4n) is 2.24. The van der Waals surface area contributed by atoms with Crippen molar-refractivity contribution in [2.75, 3.05) is 0 Å². The standard InChI is InChI=1S/C13H19NO3/c1-4-8-7-11(13(15)16)12(17-14)10(6-3)9(8)5-2/h7H,4-6,14H2,1-3H3,(H,15,16). The number of nitrogens with two attached hydrogens (primary N) is 1. The molecule has 4 nitrogen and oxygen atoms in total. The Bertz CT molecular complexity index is 427. The summed E-state index contributed by atoms with van der Waals surface area (Å²) in [5.74, 6) is 4.51. The summed E-state index contributed by atoms with van der Waals surface area (Å²) >= 11 is 0. The van der Waals surface area contributed by atoms with E-state index in [0.29, 0.717) is 12.2 Å². The molecule has 4 heteroatoms. The Labute approximate surface area is 101 Å². The van der Waals surface area contributed by atoms with Crippen LogP contribution in [-0.2, 0) is 19.3 Å². The van der Waals surface area contributed by atoms with Gasteiger partial charge in [0, 0.05) is 5.56 Å². The van der Waals surface area contributed by atoms with Crippen molar-refractivity contribution in [1.82, 2.24) is 0 Å². The average molecular weight is 237 g/mol. The van der Waals surface area contributed by atoms with E-state index >= 15 is 0 Å². The minimum atomic E-state index is -1.00. The molecule has 3 N–H and O–H groups in total. The van der Waals surface area contributed by atoms with Crippen molar-refractivity contribution in [3.63, 3.8) is 0 Å². The van der Waals surface area contributed by atoms with E-state index in [-0.39, 0.29) is 5.56 Å². The van der Waals surface area contributed by atoms with Gasteiger partial charge in [0.05, 0.1) is 0 Å². The first kappa shape index (κ1) is 13.5. The van der Waals surface area contributed by atoms with Gasteiger partial charge in [-0.1, -0.05) is 20.8 Å². The summed E-state index contributed by atoms with van der Waals surface area (Å²) in [4.78, 5) is 16.0. The molecule has 0 saturated heterocycles. The summed E-state index contributed by atoms with van der Waals surface area (Å²) in [5, 5.41) is 9.16. The zero-order valence-corrected chi connectivity index (χ0v) is 10.5. The van der Waals surface area contributed by atoms with Crippen LogP contribution >= 0.6 is 0 Å². The lowest BCUT2D eigenvalue weighted by molar-refractivity contribution is 0.0691. The Kier molecular flexibility index (Phi) is 4.52. The molecule has 1 aromatic rings. The zero-order chi connectivity index (χ0) is 13.0. The van der Waals surface area contributed by atoms with Crippen LogP contribution in [-0.4, -0.2) is 11.1 Å². The predicted octanol–water partition coefficient (Wildman–Crippen LogP) is 2.32. The van der Waals surface area contributed by atoms with E-state index in [4.69, 9.17) is 15.8 Å². The van der Waals surface area contributed by atoms with Gasteiger partial charge in [0.25, 0.3) is 0 Å². The zero-order valence-electron chi connectivity index (χ0n) is 10.5. The van der Waals surface area contributed by atoms with Crippen molar-refractivity contribution in [2.24, 2.45) is 5.90 Å². The van der Waals surface area contributed by atoms with Crippen LogP contribution in [0, 0.1) is 0 Å². The summed E-state index contributed by atoms with van der Waals surface area (Å²) < 4.78 is 0. The highest BCUT2D eigenvalue weighted by Gasteiger charge is 2.20. The van der Waals surface area contributed by atoms with Gasteiger partial charge in [0.2, 0.25) is 0 Å². The number of hydrogen-bond acceptors (Lipinski definition) is 3. The monoisotopic (exact) mass is 237 g/mol. The molecule has 0 bridgehead atoms. The molecule has 0 fully saturated rings.